The Morgan fingerprint density at radius 1 is 0.867 bits per heavy atom. The molecule has 0 aliphatic heterocycles. The first kappa shape index (κ1) is 21.2. The fraction of sp³-hybridized carbons (Fsp3) is 0.136. The van der Waals surface area contributed by atoms with Gasteiger partial charge in [-0.3, -0.25) is 10.1 Å². The zero-order valence-corrected chi connectivity index (χ0v) is 17.6. The number of aliphatic imine (C=N–C) groups is 1. The highest BCUT2D eigenvalue weighted by atomic mass is 32.2. The number of nitro groups is 1. The van der Waals surface area contributed by atoms with E-state index in [1.165, 1.54) is 28.6 Å². The Kier molecular flexibility index (Phi) is 5.98. The molecule has 7 nitrogen and oxygen atoms in total. The molecule has 154 valence electrons. The first-order valence-electron chi connectivity index (χ1n) is 9.17. The van der Waals surface area contributed by atoms with E-state index in [1.807, 2.05) is 26.0 Å². The summed E-state index contributed by atoms with van der Waals surface area (Å²) in [6.45, 7) is 5.39. The number of nitrogens with zero attached hydrogens (tertiary/aromatic N) is 3. The van der Waals surface area contributed by atoms with Gasteiger partial charge >= 0.3 is 0 Å². The minimum Gasteiger partial charge on any atom is -0.258 e. The number of non-ortho nitro benzene ring substituents is 1. The minimum absolute atomic E-state index is 0.0609. The first-order valence-corrected chi connectivity index (χ1v) is 10.6. The summed E-state index contributed by atoms with van der Waals surface area (Å²) in [5, 5.41) is 10.8. The smallest absolute Gasteiger partial charge is 0.258 e. The Hall–Kier alpha value is -3.52. The molecular formula is C22H21N3O4S. The molecule has 3 rings (SSSR count). The van der Waals surface area contributed by atoms with E-state index >= 15 is 0 Å². The summed E-state index contributed by atoms with van der Waals surface area (Å²) >= 11 is 0. The standard InChI is InChI=1S/C22H21N3O4S/c1-16-4-10-20(11-5-16)24(30(28,29)22-14-6-17(2)7-15-22)18(3)23-19-8-12-21(13-9-19)25(26)27/h4-15H,1-3H3. The Morgan fingerprint density at radius 3 is 1.87 bits per heavy atom. The number of amidine groups is 1. The van der Waals surface area contributed by atoms with Gasteiger partial charge in [-0.25, -0.2) is 17.7 Å². The Morgan fingerprint density at radius 2 is 1.37 bits per heavy atom. The molecule has 0 saturated heterocycles. The third kappa shape index (κ3) is 4.55. The first-order chi connectivity index (χ1) is 14.2. The molecule has 30 heavy (non-hydrogen) atoms. The van der Waals surface area contributed by atoms with Crippen molar-refractivity contribution in [1.82, 2.24) is 0 Å². The summed E-state index contributed by atoms with van der Waals surface area (Å²) in [5.74, 6) is 0.216. The number of rotatable bonds is 5. The predicted molar refractivity (Wildman–Crippen MR) is 118 cm³/mol. The van der Waals surface area contributed by atoms with Crippen molar-refractivity contribution in [2.45, 2.75) is 25.7 Å². The van der Waals surface area contributed by atoms with Gasteiger partial charge in [-0.15, -0.1) is 0 Å². The molecule has 0 aromatic heterocycles. The zero-order chi connectivity index (χ0) is 21.9. The van der Waals surface area contributed by atoms with Crippen molar-refractivity contribution in [1.29, 1.82) is 0 Å². The molecule has 0 fully saturated rings. The molecule has 0 aliphatic rings. The second-order valence-corrected chi connectivity index (χ2v) is 8.64. The van der Waals surface area contributed by atoms with Gasteiger partial charge < -0.3 is 0 Å². The number of benzene rings is 3. The second kappa shape index (κ2) is 8.46. The van der Waals surface area contributed by atoms with E-state index in [0.717, 1.165) is 11.1 Å². The van der Waals surface area contributed by atoms with E-state index < -0.39 is 14.9 Å². The van der Waals surface area contributed by atoms with Gasteiger partial charge in [0.2, 0.25) is 0 Å². The third-order valence-corrected chi connectivity index (χ3v) is 6.30. The van der Waals surface area contributed by atoms with Gasteiger partial charge in [-0.05, 0) is 57.2 Å². The maximum Gasteiger partial charge on any atom is 0.269 e. The lowest BCUT2D eigenvalue weighted by molar-refractivity contribution is -0.384. The number of anilines is 1. The van der Waals surface area contributed by atoms with Crippen LogP contribution in [0.25, 0.3) is 0 Å². The van der Waals surface area contributed by atoms with Crippen LogP contribution >= 0.6 is 0 Å². The maximum absolute atomic E-state index is 13.5. The lowest BCUT2D eigenvalue weighted by Crippen LogP contribution is -2.35. The summed E-state index contributed by atoms with van der Waals surface area (Å²) < 4.78 is 28.1. The lowest BCUT2D eigenvalue weighted by Gasteiger charge is -2.24. The third-order valence-electron chi connectivity index (χ3n) is 4.47. The van der Waals surface area contributed by atoms with E-state index in [2.05, 4.69) is 4.99 Å². The van der Waals surface area contributed by atoms with Crippen LogP contribution in [0, 0.1) is 24.0 Å². The van der Waals surface area contributed by atoms with Crippen molar-refractivity contribution in [2.24, 2.45) is 4.99 Å². The molecule has 0 amide bonds. The van der Waals surface area contributed by atoms with E-state index in [-0.39, 0.29) is 16.4 Å². The Balaban J connectivity index is 2.10. The van der Waals surface area contributed by atoms with E-state index in [0.29, 0.717) is 11.4 Å². The molecule has 0 unspecified atom stereocenters. The molecule has 0 aliphatic carbocycles. The molecular weight excluding hydrogens is 402 g/mol. The van der Waals surface area contributed by atoms with Crippen molar-refractivity contribution in [3.8, 4) is 0 Å². The molecule has 0 spiro atoms. The summed E-state index contributed by atoms with van der Waals surface area (Å²) in [7, 11) is -3.93. The zero-order valence-electron chi connectivity index (χ0n) is 16.8. The van der Waals surface area contributed by atoms with Crippen LogP contribution in [-0.4, -0.2) is 19.2 Å². The maximum atomic E-state index is 13.5. The molecule has 0 heterocycles. The van der Waals surface area contributed by atoms with E-state index in [9.17, 15) is 18.5 Å². The van der Waals surface area contributed by atoms with Crippen molar-refractivity contribution in [3.63, 3.8) is 0 Å². The van der Waals surface area contributed by atoms with Crippen LogP contribution in [0.2, 0.25) is 0 Å². The Labute approximate surface area is 175 Å². The van der Waals surface area contributed by atoms with Crippen molar-refractivity contribution in [3.05, 3.63) is 94.0 Å². The van der Waals surface area contributed by atoms with Gasteiger partial charge in [0.1, 0.15) is 5.84 Å². The van der Waals surface area contributed by atoms with E-state index in [1.54, 1.807) is 43.3 Å². The summed E-state index contributed by atoms with van der Waals surface area (Å²) in [4.78, 5) is 14.9. The number of aryl methyl sites for hydroxylation is 2. The second-order valence-electron chi connectivity index (χ2n) is 6.85. The number of hydrogen-bond acceptors (Lipinski definition) is 5. The fourth-order valence-electron chi connectivity index (χ4n) is 2.88. The summed E-state index contributed by atoms with van der Waals surface area (Å²) in [6, 6.07) is 19.3. The van der Waals surface area contributed by atoms with Gasteiger partial charge in [0.05, 0.1) is 21.2 Å². The molecule has 0 saturated carbocycles. The minimum atomic E-state index is -3.93. The number of sulfonamides is 1. The summed E-state index contributed by atoms with van der Waals surface area (Å²) in [6.07, 6.45) is 0. The van der Waals surface area contributed by atoms with Crippen molar-refractivity contribution >= 4 is 32.9 Å². The molecule has 0 atom stereocenters. The average Bonchev–Trinajstić information content (AvgIpc) is 2.70. The van der Waals surface area contributed by atoms with Crippen molar-refractivity contribution in [2.75, 3.05) is 4.31 Å². The molecule has 0 radical (unpaired) electrons. The average molecular weight is 423 g/mol. The lowest BCUT2D eigenvalue weighted by atomic mass is 10.2. The summed E-state index contributed by atoms with van der Waals surface area (Å²) in [5.41, 5.74) is 2.75. The van der Waals surface area contributed by atoms with Gasteiger partial charge in [0.25, 0.3) is 15.7 Å². The molecule has 0 bridgehead atoms. The quantitative estimate of drug-likeness (QED) is 0.245. The van der Waals surface area contributed by atoms with Crippen LogP contribution in [0.4, 0.5) is 17.1 Å². The van der Waals surface area contributed by atoms with Crippen LogP contribution in [-0.2, 0) is 10.0 Å². The van der Waals surface area contributed by atoms with Crippen LogP contribution in [0.3, 0.4) is 0 Å². The van der Waals surface area contributed by atoms with Gasteiger partial charge in [-0.1, -0.05) is 35.4 Å². The largest absolute Gasteiger partial charge is 0.269 e. The van der Waals surface area contributed by atoms with Crippen LogP contribution < -0.4 is 4.31 Å². The number of hydrogen-bond donors (Lipinski definition) is 0. The topological polar surface area (TPSA) is 92.9 Å². The van der Waals surface area contributed by atoms with Gasteiger partial charge in [-0.2, -0.15) is 0 Å². The van der Waals surface area contributed by atoms with Gasteiger partial charge in [0, 0.05) is 12.1 Å². The molecule has 3 aromatic carbocycles. The monoisotopic (exact) mass is 423 g/mol. The van der Waals surface area contributed by atoms with Gasteiger partial charge in [0.15, 0.2) is 0 Å². The molecule has 8 heteroatoms. The highest BCUT2D eigenvalue weighted by Gasteiger charge is 2.27. The Bertz CT molecular complexity index is 1180. The number of nitro benzene ring substituents is 1. The molecule has 3 aromatic rings. The normalized spacial score (nSPS) is 11.9. The highest BCUT2D eigenvalue weighted by molar-refractivity contribution is 7.93. The van der Waals surface area contributed by atoms with Crippen LogP contribution in [0.1, 0.15) is 18.1 Å². The SMILES string of the molecule is CC(=Nc1ccc([N+](=O)[O-])cc1)N(c1ccc(C)cc1)S(=O)(=O)c1ccc(C)cc1. The van der Waals surface area contributed by atoms with E-state index in [4.69, 9.17) is 0 Å². The van der Waals surface area contributed by atoms with Crippen LogP contribution in [0.5, 0.6) is 0 Å². The fourth-order valence-corrected chi connectivity index (χ4v) is 4.36. The molecule has 0 N–H and O–H groups in total. The van der Waals surface area contributed by atoms with Crippen molar-refractivity contribution < 1.29 is 13.3 Å². The highest BCUT2D eigenvalue weighted by Crippen LogP contribution is 2.27. The predicted octanol–water partition coefficient (Wildman–Crippen LogP) is 5.16. The van der Waals surface area contributed by atoms with Crippen LogP contribution in [0.15, 0.2) is 82.7 Å².